The van der Waals surface area contributed by atoms with Crippen molar-refractivity contribution >= 4 is 17.4 Å². The van der Waals surface area contributed by atoms with Gasteiger partial charge in [-0.05, 0) is 24.6 Å². The molecule has 128 valence electrons. The molecule has 0 spiro atoms. The smallest absolute Gasteiger partial charge is 0.317 e. The number of ether oxygens (including phenoxy) is 2. The molecule has 1 aromatic heterocycles. The van der Waals surface area contributed by atoms with E-state index in [1.54, 1.807) is 23.3 Å². The molecule has 24 heavy (non-hydrogen) atoms. The first kappa shape index (κ1) is 16.6. The van der Waals surface area contributed by atoms with Crippen molar-refractivity contribution in [1.29, 1.82) is 0 Å². The van der Waals surface area contributed by atoms with Gasteiger partial charge in [0.1, 0.15) is 13.2 Å². The summed E-state index contributed by atoms with van der Waals surface area (Å²) >= 11 is 1.63. The van der Waals surface area contributed by atoms with Gasteiger partial charge in [0.15, 0.2) is 11.5 Å². The van der Waals surface area contributed by atoms with Crippen molar-refractivity contribution in [3.05, 3.63) is 39.8 Å². The Bertz CT molecular complexity index is 717. The highest BCUT2D eigenvalue weighted by Gasteiger charge is 2.14. The molecule has 0 atom stereocenters. The predicted octanol–water partition coefficient (Wildman–Crippen LogP) is 2.61. The molecule has 0 saturated carbocycles. The maximum Gasteiger partial charge on any atom is 0.317 e. The first-order valence-electron chi connectivity index (χ1n) is 7.90. The molecule has 2 aromatic rings. The van der Waals surface area contributed by atoms with E-state index in [1.807, 2.05) is 30.5 Å². The van der Waals surface area contributed by atoms with Crippen LogP contribution in [0.3, 0.4) is 0 Å². The van der Waals surface area contributed by atoms with Crippen LogP contribution >= 0.6 is 11.3 Å². The molecule has 0 radical (unpaired) electrons. The lowest BCUT2D eigenvalue weighted by Crippen LogP contribution is -2.37. The van der Waals surface area contributed by atoms with E-state index in [9.17, 15) is 4.79 Å². The first-order chi connectivity index (χ1) is 11.6. The van der Waals surface area contributed by atoms with Crippen molar-refractivity contribution in [2.75, 3.05) is 26.8 Å². The number of benzene rings is 1. The molecule has 1 N–H and O–H groups in total. The summed E-state index contributed by atoms with van der Waals surface area (Å²) in [6.07, 6.45) is 0.744. The van der Waals surface area contributed by atoms with Crippen LogP contribution in [0.1, 0.15) is 16.3 Å². The van der Waals surface area contributed by atoms with E-state index >= 15 is 0 Å². The van der Waals surface area contributed by atoms with Crippen LogP contribution < -0.4 is 14.8 Å². The Morgan fingerprint density at radius 1 is 1.33 bits per heavy atom. The first-order valence-corrected chi connectivity index (χ1v) is 8.78. The highest BCUT2D eigenvalue weighted by Crippen LogP contribution is 2.30. The topological polar surface area (TPSA) is 63.7 Å². The second-order valence-electron chi connectivity index (χ2n) is 5.67. The number of carbonyl (C=O) groups is 1. The van der Waals surface area contributed by atoms with Crippen LogP contribution in [0, 0.1) is 6.92 Å². The second kappa shape index (κ2) is 7.53. The number of nitrogens with zero attached hydrogens (tertiary/aromatic N) is 2. The summed E-state index contributed by atoms with van der Waals surface area (Å²) in [6.45, 7) is 4.20. The molecule has 7 heteroatoms. The summed E-state index contributed by atoms with van der Waals surface area (Å²) in [7, 11) is 1.78. The Morgan fingerprint density at radius 2 is 2.12 bits per heavy atom. The Labute approximate surface area is 145 Å². The summed E-state index contributed by atoms with van der Waals surface area (Å²) < 4.78 is 11.1. The molecule has 0 unspecified atom stereocenters. The molecule has 0 saturated heterocycles. The van der Waals surface area contributed by atoms with Gasteiger partial charge in [-0.15, -0.1) is 11.3 Å². The van der Waals surface area contributed by atoms with Crippen LogP contribution in [-0.4, -0.2) is 42.7 Å². The summed E-state index contributed by atoms with van der Waals surface area (Å²) in [5.41, 5.74) is 2.03. The predicted molar refractivity (Wildman–Crippen MR) is 92.9 cm³/mol. The Morgan fingerprint density at radius 3 is 2.88 bits per heavy atom. The summed E-state index contributed by atoms with van der Waals surface area (Å²) in [5.74, 6) is 1.50. The molecule has 2 heterocycles. The van der Waals surface area contributed by atoms with Gasteiger partial charge in [0, 0.05) is 31.9 Å². The fourth-order valence-electron chi connectivity index (χ4n) is 2.49. The lowest BCUT2D eigenvalue weighted by atomic mass is 10.2. The van der Waals surface area contributed by atoms with E-state index in [0.717, 1.165) is 34.2 Å². The third kappa shape index (κ3) is 4.17. The van der Waals surface area contributed by atoms with Gasteiger partial charge < -0.3 is 19.7 Å². The van der Waals surface area contributed by atoms with Crippen LogP contribution in [-0.2, 0) is 13.0 Å². The number of nitrogens with one attached hydrogen (secondary N) is 1. The van der Waals surface area contributed by atoms with Crippen LogP contribution in [0.25, 0.3) is 0 Å². The zero-order valence-electron chi connectivity index (χ0n) is 13.9. The highest BCUT2D eigenvalue weighted by molar-refractivity contribution is 7.09. The molecule has 1 aliphatic rings. The maximum atomic E-state index is 12.2. The number of thiazole rings is 1. The number of hydrogen-bond acceptors (Lipinski definition) is 5. The zero-order chi connectivity index (χ0) is 16.9. The monoisotopic (exact) mass is 347 g/mol. The van der Waals surface area contributed by atoms with Gasteiger partial charge in [0.2, 0.25) is 0 Å². The number of fused-ring (bicyclic) bond motifs is 1. The van der Waals surface area contributed by atoms with Crippen molar-refractivity contribution in [1.82, 2.24) is 15.2 Å². The van der Waals surface area contributed by atoms with Crippen LogP contribution in [0.15, 0.2) is 23.6 Å². The third-order valence-electron chi connectivity index (χ3n) is 3.70. The quantitative estimate of drug-likeness (QED) is 0.903. The zero-order valence-corrected chi connectivity index (χ0v) is 14.7. The number of hydrogen-bond donors (Lipinski definition) is 1. The second-order valence-corrected chi connectivity index (χ2v) is 6.74. The molecule has 0 fully saturated rings. The minimum atomic E-state index is -0.100. The largest absolute Gasteiger partial charge is 0.486 e. The number of urea groups is 1. The van der Waals surface area contributed by atoms with Gasteiger partial charge >= 0.3 is 6.03 Å². The van der Waals surface area contributed by atoms with Crippen molar-refractivity contribution < 1.29 is 14.3 Å². The van der Waals surface area contributed by atoms with Gasteiger partial charge in [0.25, 0.3) is 0 Å². The van der Waals surface area contributed by atoms with Crippen molar-refractivity contribution in [2.45, 2.75) is 19.9 Å². The van der Waals surface area contributed by atoms with Crippen molar-refractivity contribution in [3.63, 3.8) is 0 Å². The lowest BCUT2D eigenvalue weighted by Gasteiger charge is -2.21. The average Bonchev–Trinajstić information content (AvgIpc) is 3.00. The van der Waals surface area contributed by atoms with E-state index in [2.05, 4.69) is 10.3 Å². The Kier molecular flexibility index (Phi) is 5.20. The highest BCUT2D eigenvalue weighted by atomic mass is 32.1. The summed E-state index contributed by atoms with van der Waals surface area (Å²) in [5, 5.41) is 5.99. The third-order valence-corrected chi connectivity index (χ3v) is 4.52. The van der Waals surface area contributed by atoms with E-state index < -0.39 is 0 Å². The molecule has 0 aliphatic carbocycles. The van der Waals surface area contributed by atoms with E-state index in [4.69, 9.17) is 9.47 Å². The Balaban J connectivity index is 1.48. The lowest BCUT2D eigenvalue weighted by molar-refractivity contribution is 0.171. The van der Waals surface area contributed by atoms with Crippen molar-refractivity contribution in [2.24, 2.45) is 0 Å². The van der Waals surface area contributed by atoms with Crippen molar-refractivity contribution in [3.8, 4) is 11.5 Å². The number of carbonyl (C=O) groups excluding carboxylic acids is 1. The van der Waals surface area contributed by atoms with Crippen LogP contribution in [0.2, 0.25) is 0 Å². The fourth-order valence-corrected chi connectivity index (χ4v) is 3.13. The number of aryl methyl sites for hydroxylation is 1. The van der Waals surface area contributed by atoms with Gasteiger partial charge in [-0.25, -0.2) is 9.78 Å². The number of aromatic nitrogens is 1. The Hall–Kier alpha value is -2.28. The number of amides is 2. The summed E-state index contributed by atoms with van der Waals surface area (Å²) in [6, 6.07) is 5.67. The minimum absolute atomic E-state index is 0.100. The molecule has 1 aliphatic heterocycles. The van der Waals surface area contributed by atoms with Gasteiger partial charge in [-0.3, -0.25) is 0 Å². The molecule has 3 rings (SSSR count). The average molecular weight is 347 g/mol. The van der Waals surface area contributed by atoms with Gasteiger partial charge in [0.05, 0.1) is 10.7 Å². The molecule has 1 aromatic carbocycles. The fraction of sp³-hybridized carbons (Fsp3) is 0.412. The summed E-state index contributed by atoms with van der Waals surface area (Å²) in [4.78, 5) is 18.2. The molecule has 0 bridgehead atoms. The van der Waals surface area contributed by atoms with Gasteiger partial charge in [-0.2, -0.15) is 0 Å². The van der Waals surface area contributed by atoms with E-state index in [1.165, 1.54) is 0 Å². The molecular weight excluding hydrogens is 326 g/mol. The number of rotatable bonds is 5. The standard InChI is InChI=1S/C17H21N3O3S/c1-12-19-14(11-24-12)5-6-18-17(21)20(2)10-13-3-4-15-16(9-13)23-8-7-22-15/h3-4,9,11H,5-8,10H2,1-2H3,(H,18,21). The maximum absolute atomic E-state index is 12.2. The molecule has 6 nitrogen and oxygen atoms in total. The molecule has 2 amide bonds. The van der Waals surface area contributed by atoms with Crippen LogP contribution in [0.5, 0.6) is 11.5 Å². The van der Waals surface area contributed by atoms with Gasteiger partial charge in [-0.1, -0.05) is 6.07 Å². The van der Waals surface area contributed by atoms with Crippen LogP contribution in [0.4, 0.5) is 4.79 Å². The van der Waals surface area contributed by atoms with E-state index in [-0.39, 0.29) is 6.03 Å². The SMILES string of the molecule is Cc1nc(CCNC(=O)N(C)Cc2ccc3c(c2)OCCO3)cs1. The normalized spacial score (nSPS) is 12.8. The van der Waals surface area contributed by atoms with E-state index in [0.29, 0.717) is 26.3 Å². The molecular formula is C17H21N3O3S. The minimum Gasteiger partial charge on any atom is -0.486 e.